The Kier molecular flexibility index (Phi) is 3.75. The van der Waals surface area contributed by atoms with Gasteiger partial charge in [0.05, 0.1) is 17.7 Å². The largest absolute Gasteiger partial charge is 0.477 e. The zero-order valence-electron chi connectivity index (χ0n) is 10.9. The molecule has 0 aromatic carbocycles. The van der Waals surface area contributed by atoms with E-state index in [2.05, 4.69) is 15.0 Å². The van der Waals surface area contributed by atoms with Crippen molar-refractivity contribution in [3.63, 3.8) is 0 Å². The van der Waals surface area contributed by atoms with Gasteiger partial charge in [-0.25, -0.2) is 19.7 Å². The number of rotatable bonds is 4. The second kappa shape index (κ2) is 5.31. The van der Waals surface area contributed by atoms with Crippen molar-refractivity contribution in [2.75, 3.05) is 11.9 Å². The SMILES string of the molecule is Cc1cc(C(=O)O)nc(N(C)Cc2scnc2C)n1. The Balaban J connectivity index is 2.26. The third-order valence-electron chi connectivity index (χ3n) is 2.63. The van der Waals surface area contributed by atoms with Crippen LogP contribution in [0.25, 0.3) is 0 Å². The molecule has 1 N–H and O–H groups in total. The first kappa shape index (κ1) is 13.4. The molecule has 0 aliphatic heterocycles. The highest BCUT2D eigenvalue weighted by Gasteiger charge is 2.13. The van der Waals surface area contributed by atoms with Crippen molar-refractivity contribution in [2.24, 2.45) is 0 Å². The lowest BCUT2D eigenvalue weighted by atomic mass is 10.3. The summed E-state index contributed by atoms with van der Waals surface area (Å²) in [7, 11) is 1.83. The number of aromatic nitrogens is 3. The number of hydrogen-bond acceptors (Lipinski definition) is 6. The average Bonchev–Trinajstić information content (AvgIpc) is 2.74. The topological polar surface area (TPSA) is 79.2 Å². The minimum atomic E-state index is -1.05. The number of hydrogen-bond donors (Lipinski definition) is 1. The molecule has 0 bridgehead atoms. The number of anilines is 1. The molecule has 0 radical (unpaired) electrons. The molecule has 0 amide bonds. The van der Waals surface area contributed by atoms with Crippen LogP contribution in [0.15, 0.2) is 11.6 Å². The van der Waals surface area contributed by atoms with Gasteiger partial charge in [0.15, 0.2) is 5.69 Å². The van der Waals surface area contributed by atoms with Gasteiger partial charge >= 0.3 is 5.97 Å². The standard InChI is InChI=1S/C12H14N4O2S/c1-7-4-9(11(17)18)15-12(14-7)16(3)5-10-8(2)13-6-19-10/h4,6H,5H2,1-3H3,(H,17,18). The van der Waals surface area contributed by atoms with E-state index in [1.165, 1.54) is 6.07 Å². The maximum atomic E-state index is 11.0. The van der Waals surface area contributed by atoms with Gasteiger partial charge in [0, 0.05) is 17.6 Å². The van der Waals surface area contributed by atoms with Gasteiger partial charge in [0.25, 0.3) is 0 Å². The molecule has 0 saturated heterocycles. The Morgan fingerprint density at radius 3 is 2.74 bits per heavy atom. The molecule has 0 aliphatic rings. The first-order chi connectivity index (χ1) is 8.97. The van der Waals surface area contributed by atoms with Gasteiger partial charge in [-0.15, -0.1) is 11.3 Å². The molecular formula is C12H14N4O2S. The molecule has 0 saturated carbocycles. The van der Waals surface area contributed by atoms with Crippen LogP contribution in [-0.2, 0) is 6.54 Å². The Morgan fingerprint density at radius 1 is 1.42 bits per heavy atom. The number of nitrogens with zero attached hydrogens (tertiary/aromatic N) is 4. The lowest BCUT2D eigenvalue weighted by Crippen LogP contribution is -2.20. The van der Waals surface area contributed by atoms with Crippen molar-refractivity contribution in [3.05, 3.63) is 33.5 Å². The summed E-state index contributed by atoms with van der Waals surface area (Å²) >= 11 is 1.56. The molecule has 2 heterocycles. The second-order valence-corrected chi connectivity index (χ2v) is 5.16. The zero-order chi connectivity index (χ0) is 14.0. The van der Waals surface area contributed by atoms with Gasteiger partial charge in [-0.05, 0) is 19.9 Å². The van der Waals surface area contributed by atoms with E-state index in [-0.39, 0.29) is 5.69 Å². The predicted molar refractivity (Wildman–Crippen MR) is 72.7 cm³/mol. The van der Waals surface area contributed by atoms with Crippen LogP contribution < -0.4 is 4.90 Å². The molecule has 2 aromatic rings. The highest BCUT2D eigenvalue weighted by molar-refractivity contribution is 7.09. The summed E-state index contributed by atoms with van der Waals surface area (Å²) < 4.78 is 0. The molecule has 0 atom stereocenters. The van der Waals surface area contributed by atoms with Crippen LogP contribution in [0.5, 0.6) is 0 Å². The number of aryl methyl sites for hydroxylation is 2. The summed E-state index contributed by atoms with van der Waals surface area (Å²) in [5, 5.41) is 9.00. The highest BCUT2D eigenvalue weighted by atomic mass is 32.1. The molecule has 0 unspecified atom stereocenters. The molecular weight excluding hydrogens is 264 g/mol. The molecule has 7 heteroatoms. The van der Waals surface area contributed by atoms with E-state index < -0.39 is 5.97 Å². The number of carboxylic acid groups (broad SMARTS) is 1. The van der Waals surface area contributed by atoms with Crippen molar-refractivity contribution < 1.29 is 9.90 Å². The van der Waals surface area contributed by atoms with E-state index in [0.29, 0.717) is 18.2 Å². The number of thiazole rings is 1. The van der Waals surface area contributed by atoms with E-state index in [4.69, 9.17) is 5.11 Å². The van der Waals surface area contributed by atoms with Crippen LogP contribution in [0.3, 0.4) is 0 Å². The number of carbonyl (C=O) groups is 1. The molecule has 100 valence electrons. The number of carboxylic acids is 1. The predicted octanol–water partition coefficient (Wildman–Crippen LogP) is 1.88. The quantitative estimate of drug-likeness (QED) is 0.920. The van der Waals surface area contributed by atoms with Crippen molar-refractivity contribution in [2.45, 2.75) is 20.4 Å². The molecule has 0 fully saturated rings. The molecule has 0 spiro atoms. The summed E-state index contributed by atoms with van der Waals surface area (Å²) in [5.41, 5.74) is 3.41. The fourth-order valence-electron chi connectivity index (χ4n) is 1.60. The average molecular weight is 278 g/mol. The zero-order valence-corrected chi connectivity index (χ0v) is 11.7. The summed E-state index contributed by atoms with van der Waals surface area (Å²) in [4.78, 5) is 26.4. The van der Waals surface area contributed by atoms with Gasteiger partial charge in [0.1, 0.15) is 0 Å². The highest BCUT2D eigenvalue weighted by Crippen LogP contribution is 2.17. The van der Waals surface area contributed by atoms with Crippen molar-refractivity contribution in [1.29, 1.82) is 0 Å². The maximum absolute atomic E-state index is 11.0. The fraction of sp³-hybridized carbons (Fsp3) is 0.333. The van der Waals surface area contributed by atoms with Crippen LogP contribution in [0.4, 0.5) is 5.95 Å². The molecule has 6 nitrogen and oxygen atoms in total. The Hall–Kier alpha value is -2.02. The summed E-state index contributed by atoms with van der Waals surface area (Å²) in [6, 6.07) is 1.46. The van der Waals surface area contributed by atoms with E-state index in [1.54, 1.807) is 23.8 Å². The third kappa shape index (κ3) is 3.05. The molecule has 19 heavy (non-hydrogen) atoms. The first-order valence-corrected chi connectivity index (χ1v) is 6.54. The Bertz CT molecular complexity index is 612. The van der Waals surface area contributed by atoms with E-state index in [9.17, 15) is 4.79 Å². The van der Waals surface area contributed by atoms with Gasteiger partial charge in [-0.1, -0.05) is 0 Å². The summed E-state index contributed by atoms with van der Waals surface area (Å²) in [6.07, 6.45) is 0. The van der Waals surface area contributed by atoms with Gasteiger partial charge in [-0.2, -0.15) is 0 Å². The first-order valence-electron chi connectivity index (χ1n) is 5.66. The molecule has 2 aromatic heterocycles. The van der Waals surface area contributed by atoms with Crippen molar-refractivity contribution in [1.82, 2.24) is 15.0 Å². The Morgan fingerprint density at radius 2 is 2.16 bits per heavy atom. The van der Waals surface area contributed by atoms with Gasteiger partial charge in [0.2, 0.25) is 5.95 Å². The normalized spacial score (nSPS) is 10.5. The minimum absolute atomic E-state index is 0.00961. The smallest absolute Gasteiger partial charge is 0.354 e. The van der Waals surface area contributed by atoms with Gasteiger partial charge in [-0.3, -0.25) is 0 Å². The maximum Gasteiger partial charge on any atom is 0.354 e. The van der Waals surface area contributed by atoms with E-state index >= 15 is 0 Å². The van der Waals surface area contributed by atoms with Crippen LogP contribution in [0.2, 0.25) is 0 Å². The van der Waals surface area contributed by atoms with Crippen LogP contribution in [-0.4, -0.2) is 33.1 Å². The van der Waals surface area contributed by atoms with E-state index in [0.717, 1.165) is 10.6 Å². The monoisotopic (exact) mass is 278 g/mol. The lowest BCUT2D eigenvalue weighted by molar-refractivity contribution is 0.0690. The third-order valence-corrected chi connectivity index (χ3v) is 3.55. The number of aromatic carboxylic acids is 1. The van der Waals surface area contributed by atoms with Crippen LogP contribution >= 0.6 is 11.3 Å². The molecule has 0 aliphatic carbocycles. The van der Waals surface area contributed by atoms with Gasteiger partial charge < -0.3 is 10.0 Å². The minimum Gasteiger partial charge on any atom is -0.477 e. The van der Waals surface area contributed by atoms with Crippen molar-refractivity contribution in [3.8, 4) is 0 Å². The molecule has 2 rings (SSSR count). The van der Waals surface area contributed by atoms with Crippen LogP contribution in [0, 0.1) is 13.8 Å². The summed E-state index contributed by atoms with van der Waals surface area (Å²) in [5.74, 6) is -0.640. The van der Waals surface area contributed by atoms with E-state index in [1.807, 2.05) is 18.9 Å². The van der Waals surface area contributed by atoms with Crippen molar-refractivity contribution >= 4 is 23.3 Å². The Labute approximate surface area is 114 Å². The second-order valence-electron chi connectivity index (χ2n) is 4.22. The summed E-state index contributed by atoms with van der Waals surface area (Å²) in [6.45, 7) is 4.31. The van der Waals surface area contributed by atoms with Crippen LogP contribution in [0.1, 0.15) is 26.8 Å². The lowest BCUT2D eigenvalue weighted by Gasteiger charge is -2.17. The fourth-order valence-corrected chi connectivity index (χ4v) is 2.43.